The molecule has 0 saturated carbocycles. The smallest absolute Gasteiger partial charge is 0.326 e. The summed E-state index contributed by atoms with van der Waals surface area (Å²) in [6, 6.07) is -1.51. The van der Waals surface area contributed by atoms with Gasteiger partial charge in [0, 0.05) is 40.6 Å². The summed E-state index contributed by atoms with van der Waals surface area (Å²) in [7, 11) is 0. The number of amides is 2. The number of hydrogen-bond acceptors (Lipinski definition) is 16. The molecule has 0 fully saturated rings. The Balaban J connectivity index is 1.48. The molecule has 0 bridgehead atoms. The van der Waals surface area contributed by atoms with Crippen LogP contribution in [0, 0.1) is 3.57 Å². The van der Waals surface area contributed by atoms with Crippen LogP contribution >= 0.6 is 22.6 Å². The maximum Gasteiger partial charge on any atom is 0.326 e. The minimum Gasteiger partial charge on any atom is -0.481 e. The molecule has 63 heavy (non-hydrogen) atoms. The molecule has 0 aliphatic rings. The lowest BCUT2D eigenvalue weighted by molar-refractivity contribution is -0.141. The van der Waals surface area contributed by atoms with Gasteiger partial charge in [-0.3, -0.25) is 38.4 Å². The molecule has 3 rings (SSSR count). The van der Waals surface area contributed by atoms with Gasteiger partial charge < -0.3 is 62.5 Å². The van der Waals surface area contributed by atoms with Crippen molar-refractivity contribution in [2.45, 2.75) is 88.4 Å². The van der Waals surface area contributed by atoms with E-state index in [1.807, 2.05) is 22.6 Å². The van der Waals surface area contributed by atoms with Crippen molar-refractivity contribution in [2.24, 2.45) is 0 Å². The fourth-order valence-electron chi connectivity index (χ4n) is 6.00. The molecule has 12 N–H and O–H groups in total. The predicted octanol–water partition coefficient (Wildman–Crippen LogP) is -0.126. The Morgan fingerprint density at radius 3 is 1.00 bits per heavy atom. The summed E-state index contributed by atoms with van der Waals surface area (Å²) in [4.78, 5) is 143. The topological polar surface area (TPSA) is 398 Å². The quantitative estimate of drug-likeness (QED) is 0.0235. The number of rotatable bonds is 30. The molecular weight excluding hydrogens is 955 g/mol. The van der Waals surface area contributed by atoms with Crippen LogP contribution in [0.15, 0.2) is 37.4 Å². The first-order chi connectivity index (χ1) is 29.6. The number of nitrogens with one attached hydrogen (secondary N) is 6. The maximum absolute atomic E-state index is 12.9. The highest BCUT2D eigenvalue weighted by molar-refractivity contribution is 14.1. The standard InChI is InChI=1S/C38H43IN6O18/c39-18-14-16(33(54)40-11-3-1-5-19(35(56)57)42-25-27(31(52)29(25)50)44-21(37(60)61)7-9-23(46)47)13-17(15-18)34(55)41-12-4-2-6-20(36(58)59)43-26-28(32(53)30(26)51)45-22(38(62)63)8-10-24(48)49/h13-15,19-22,42-45H,1-12H2,(H,40,54)(H,41,55)(H,46,47)(H,48,49)(H,56,57)(H,58,59)(H,60,61)(H,62,63)/t19-,20-,21-,22-/m0/s1. The molecule has 2 amide bonds. The van der Waals surface area contributed by atoms with Crippen molar-refractivity contribution >= 4 is 93.0 Å². The molecule has 0 unspecified atom stereocenters. The number of hydrogen-bond donors (Lipinski definition) is 12. The van der Waals surface area contributed by atoms with E-state index in [0.29, 0.717) is 3.57 Å². The second kappa shape index (κ2) is 23.3. The van der Waals surface area contributed by atoms with E-state index in [9.17, 15) is 78.0 Å². The zero-order chi connectivity index (χ0) is 47.1. The van der Waals surface area contributed by atoms with Gasteiger partial charge in [-0.1, -0.05) is 0 Å². The lowest BCUT2D eigenvalue weighted by Gasteiger charge is -2.22. The van der Waals surface area contributed by atoms with Gasteiger partial charge in [0.05, 0.1) is 0 Å². The van der Waals surface area contributed by atoms with Gasteiger partial charge in [0.1, 0.15) is 46.9 Å². The molecule has 3 aromatic carbocycles. The second-order valence-corrected chi connectivity index (χ2v) is 15.3. The van der Waals surface area contributed by atoms with Gasteiger partial charge in [0.2, 0.25) is 0 Å². The third-order valence-corrected chi connectivity index (χ3v) is 10.0. The van der Waals surface area contributed by atoms with Gasteiger partial charge >= 0.3 is 35.8 Å². The monoisotopic (exact) mass is 998 g/mol. The van der Waals surface area contributed by atoms with E-state index in [-0.39, 0.29) is 62.7 Å². The Hall–Kier alpha value is -6.93. The molecule has 3 aromatic rings. The zero-order valence-corrected chi connectivity index (χ0v) is 35.1. The van der Waals surface area contributed by atoms with Crippen molar-refractivity contribution in [3.8, 4) is 0 Å². The summed E-state index contributed by atoms with van der Waals surface area (Å²) >= 11 is 1.90. The van der Waals surface area contributed by atoms with Crippen molar-refractivity contribution in [2.75, 3.05) is 34.4 Å². The van der Waals surface area contributed by atoms with Gasteiger partial charge in [0.25, 0.3) is 33.5 Å². The molecule has 0 aliphatic carbocycles. The fraction of sp³-hybridized carbons (Fsp3) is 0.421. The number of carboxylic acid groups (broad SMARTS) is 6. The first kappa shape index (κ1) is 50.4. The molecule has 4 atom stereocenters. The van der Waals surface area contributed by atoms with E-state index in [0.717, 1.165) is 0 Å². The number of benzene rings is 1. The molecule has 0 spiro atoms. The summed E-state index contributed by atoms with van der Waals surface area (Å²) in [6.45, 7) is 0.132. The van der Waals surface area contributed by atoms with Crippen LogP contribution < -0.4 is 53.6 Å². The Kier molecular flexibility index (Phi) is 18.7. The first-order valence-corrected chi connectivity index (χ1v) is 20.1. The number of carbonyl (C=O) groups is 8. The lowest BCUT2D eigenvalue weighted by Crippen LogP contribution is -2.44. The van der Waals surface area contributed by atoms with E-state index in [4.69, 9.17) is 10.2 Å². The van der Waals surface area contributed by atoms with Crippen molar-refractivity contribution in [3.63, 3.8) is 0 Å². The van der Waals surface area contributed by atoms with Crippen LogP contribution in [0.25, 0.3) is 0 Å². The normalized spacial score (nSPS) is 12.9. The molecule has 340 valence electrons. The van der Waals surface area contributed by atoms with E-state index >= 15 is 0 Å². The maximum atomic E-state index is 12.9. The van der Waals surface area contributed by atoms with Crippen LogP contribution in [0.2, 0.25) is 0 Å². The van der Waals surface area contributed by atoms with Crippen LogP contribution in [-0.2, 0) is 28.8 Å². The predicted molar refractivity (Wildman–Crippen MR) is 228 cm³/mol. The largest absolute Gasteiger partial charge is 0.481 e. The molecule has 0 aliphatic heterocycles. The minimum absolute atomic E-state index is 0.0659. The molecule has 0 saturated heterocycles. The molecule has 0 radical (unpaired) electrons. The Labute approximate surface area is 368 Å². The van der Waals surface area contributed by atoms with Crippen molar-refractivity contribution < 1.29 is 69.0 Å². The number of carbonyl (C=O) groups excluding carboxylic acids is 2. The van der Waals surface area contributed by atoms with Crippen molar-refractivity contribution in [3.05, 3.63) is 73.8 Å². The highest BCUT2D eigenvalue weighted by atomic mass is 127. The lowest BCUT2D eigenvalue weighted by atomic mass is 10.1. The fourth-order valence-corrected chi connectivity index (χ4v) is 6.67. The van der Waals surface area contributed by atoms with Crippen LogP contribution in [-0.4, -0.2) is 116 Å². The molecule has 0 aromatic heterocycles. The Bertz CT molecular complexity index is 2220. The summed E-state index contributed by atoms with van der Waals surface area (Å²) in [5.74, 6) is -9.46. The molecular formula is C38H43IN6O18. The van der Waals surface area contributed by atoms with Crippen molar-refractivity contribution in [1.82, 2.24) is 10.6 Å². The molecule has 24 nitrogen and oxygen atoms in total. The van der Waals surface area contributed by atoms with Crippen LogP contribution in [0.4, 0.5) is 22.7 Å². The van der Waals surface area contributed by atoms with Gasteiger partial charge in [-0.05, 0) is 92.2 Å². The van der Waals surface area contributed by atoms with Gasteiger partial charge in [-0.2, -0.15) is 0 Å². The highest BCUT2D eigenvalue weighted by Crippen LogP contribution is 2.22. The van der Waals surface area contributed by atoms with E-state index in [2.05, 4.69) is 31.9 Å². The third kappa shape index (κ3) is 14.6. The number of carboxylic acids is 6. The highest BCUT2D eigenvalue weighted by Gasteiger charge is 2.31. The Morgan fingerprint density at radius 1 is 0.444 bits per heavy atom. The van der Waals surface area contributed by atoms with E-state index in [1.54, 1.807) is 0 Å². The third-order valence-electron chi connectivity index (χ3n) is 9.41. The molecule has 0 heterocycles. The number of anilines is 4. The second-order valence-electron chi connectivity index (χ2n) is 14.1. The summed E-state index contributed by atoms with van der Waals surface area (Å²) < 4.78 is 0.531. The molecule has 25 heteroatoms. The van der Waals surface area contributed by atoms with Crippen LogP contribution in [0.1, 0.15) is 84.9 Å². The first-order valence-electron chi connectivity index (χ1n) is 19.1. The summed E-state index contributed by atoms with van der Waals surface area (Å²) in [5, 5.41) is 70.6. The average molecular weight is 999 g/mol. The number of halogens is 1. The Morgan fingerprint density at radius 2 is 0.730 bits per heavy atom. The average Bonchev–Trinajstić information content (AvgIpc) is 3.21. The van der Waals surface area contributed by atoms with Gasteiger partial charge in [0.15, 0.2) is 0 Å². The zero-order valence-electron chi connectivity index (χ0n) is 33.0. The van der Waals surface area contributed by atoms with Gasteiger partial charge in [-0.15, -0.1) is 0 Å². The number of aliphatic carboxylic acids is 6. The van der Waals surface area contributed by atoms with Gasteiger partial charge in [-0.25, -0.2) is 19.2 Å². The van der Waals surface area contributed by atoms with Crippen LogP contribution in [0.5, 0.6) is 0 Å². The summed E-state index contributed by atoms with van der Waals surface area (Å²) in [5.41, 5.74) is -5.95. The minimum atomic E-state index is -1.54. The SMILES string of the molecule is O=C(O)CC[C@H](Nc1c(N[C@@H](CCCCNC(=O)c2cc(I)cc(C(=O)NCCCC[C@H](Nc3c(N[C@@H](CCC(=O)O)C(=O)O)c(=O)c3=O)C(=O)O)c2)C(=O)O)c(=O)c1=O)C(=O)O. The van der Waals surface area contributed by atoms with E-state index in [1.165, 1.54) is 18.2 Å². The summed E-state index contributed by atoms with van der Waals surface area (Å²) in [6.07, 6.45) is -1.24. The van der Waals surface area contributed by atoms with Crippen LogP contribution in [0.3, 0.4) is 0 Å². The number of unbranched alkanes of at least 4 members (excludes halogenated alkanes) is 2. The van der Waals surface area contributed by atoms with Crippen molar-refractivity contribution in [1.29, 1.82) is 0 Å². The van der Waals surface area contributed by atoms with E-state index < -0.39 is 142 Å².